The van der Waals surface area contributed by atoms with Crippen LogP contribution in [-0.4, -0.2) is 37.4 Å². The quantitative estimate of drug-likeness (QED) is 0.384. The van der Waals surface area contributed by atoms with Crippen molar-refractivity contribution in [1.29, 1.82) is 0 Å². The average molecular weight is 503 g/mol. The number of alkyl halides is 3. The van der Waals surface area contributed by atoms with Crippen LogP contribution in [-0.2, 0) is 17.9 Å². The molecule has 0 saturated heterocycles. The van der Waals surface area contributed by atoms with Crippen molar-refractivity contribution in [3.63, 3.8) is 0 Å². The number of hydrogen-bond acceptors (Lipinski definition) is 4. The number of aliphatic carboxylic acids is 1. The molecule has 2 aromatic carbocycles. The van der Waals surface area contributed by atoms with E-state index in [0.29, 0.717) is 18.2 Å². The van der Waals surface area contributed by atoms with Gasteiger partial charge >= 0.3 is 12.1 Å². The Morgan fingerprint density at radius 2 is 1.67 bits per heavy atom. The standard InChI is InChI=1S/C24H28N4O.C2HF3O2/c1-4-27-15-19(18-9-5-7-11-21(18)27)23-24(29)28(14-17(25)13-16(2)3)22-12-8-6-10-20(22)26-23;3-2(4,5)1(6)7/h5-12,15-17H,4,13-14,25H2,1-3H3;(H,6,7). The van der Waals surface area contributed by atoms with Crippen molar-refractivity contribution < 1.29 is 23.1 Å². The minimum atomic E-state index is -5.08. The molecule has 0 aliphatic carbocycles. The highest BCUT2D eigenvalue weighted by molar-refractivity contribution is 5.95. The number of rotatable bonds is 6. The second-order valence-electron chi connectivity index (χ2n) is 8.90. The summed E-state index contributed by atoms with van der Waals surface area (Å²) in [5.41, 5.74) is 10.4. The molecule has 2 heterocycles. The predicted molar refractivity (Wildman–Crippen MR) is 134 cm³/mol. The van der Waals surface area contributed by atoms with E-state index in [1.54, 1.807) is 0 Å². The number of para-hydroxylation sites is 3. The molecule has 36 heavy (non-hydrogen) atoms. The summed E-state index contributed by atoms with van der Waals surface area (Å²) in [4.78, 5) is 27.3. The number of halogens is 3. The summed E-state index contributed by atoms with van der Waals surface area (Å²) < 4.78 is 35.7. The van der Waals surface area contributed by atoms with Crippen LogP contribution in [0.2, 0.25) is 0 Å². The molecule has 1 unspecified atom stereocenters. The second kappa shape index (κ2) is 10.9. The first-order valence-corrected chi connectivity index (χ1v) is 11.6. The third kappa shape index (κ3) is 5.93. The Morgan fingerprint density at radius 3 is 2.25 bits per heavy atom. The Hall–Kier alpha value is -3.66. The van der Waals surface area contributed by atoms with Crippen molar-refractivity contribution in [3.8, 4) is 11.3 Å². The van der Waals surface area contributed by atoms with Crippen LogP contribution < -0.4 is 11.3 Å². The summed E-state index contributed by atoms with van der Waals surface area (Å²) in [6, 6.07) is 15.9. The van der Waals surface area contributed by atoms with E-state index in [1.165, 1.54) is 0 Å². The molecule has 0 saturated carbocycles. The van der Waals surface area contributed by atoms with Gasteiger partial charge in [0.2, 0.25) is 0 Å². The molecule has 192 valence electrons. The molecule has 2 aromatic heterocycles. The van der Waals surface area contributed by atoms with E-state index < -0.39 is 12.1 Å². The molecule has 0 spiro atoms. The number of carbonyl (C=O) groups is 1. The van der Waals surface area contributed by atoms with E-state index in [9.17, 15) is 18.0 Å². The zero-order chi connectivity index (χ0) is 26.6. The van der Waals surface area contributed by atoms with E-state index in [0.717, 1.165) is 40.5 Å². The lowest BCUT2D eigenvalue weighted by Gasteiger charge is -2.18. The monoisotopic (exact) mass is 502 g/mol. The normalized spacial score (nSPS) is 12.6. The minimum Gasteiger partial charge on any atom is -0.475 e. The van der Waals surface area contributed by atoms with Crippen molar-refractivity contribution in [1.82, 2.24) is 14.1 Å². The number of carboxylic acid groups (broad SMARTS) is 1. The summed E-state index contributed by atoms with van der Waals surface area (Å²) >= 11 is 0. The van der Waals surface area contributed by atoms with Crippen LogP contribution in [0.15, 0.2) is 59.5 Å². The van der Waals surface area contributed by atoms with Crippen LogP contribution in [0.5, 0.6) is 0 Å². The predicted octanol–water partition coefficient (Wildman–Crippen LogP) is 5.04. The first kappa shape index (κ1) is 26.9. The number of nitrogens with two attached hydrogens (primary N) is 1. The van der Waals surface area contributed by atoms with Gasteiger partial charge in [-0.15, -0.1) is 0 Å². The average Bonchev–Trinajstić information content (AvgIpc) is 3.18. The Balaban J connectivity index is 0.000000454. The highest BCUT2D eigenvalue weighted by Gasteiger charge is 2.38. The lowest BCUT2D eigenvalue weighted by Crippen LogP contribution is -2.34. The van der Waals surface area contributed by atoms with Crippen LogP contribution in [0.4, 0.5) is 13.2 Å². The van der Waals surface area contributed by atoms with Crippen LogP contribution in [0, 0.1) is 5.92 Å². The van der Waals surface area contributed by atoms with Gasteiger partial charge in [-0.3, -0.25) is 4.79 Å². The van der Waals surface area contributed by atoms with Crippen LogP contribution in [0.25, 0.3) is 33.2 Å². The van der Waals surface area contributed by atoms with Gasteiger partial charge < -0.3 is 20.0 Å². The van der Waals surface area contributed by atoms with Gasteiger partial charge in [-0.2, -0.15) is 13.2 Å². The number of carboxylic acids is 1. The molecule has 0 bridgehead atoms. The zero-order valence-electron chi connectivity index (χ0n) is 20.3. The van der Waals surface area contributed by atoms with Gasteiger partial charge in [0, 0.05) is 41.8 Å². The number of benzene rings is 2. The molecule has 10 heteroatoms. The summed E-state index contributed by atoms with van der Waals surface area (Å²) in [6.45, 7) is 7.73. The zero-order valence-corrected chi connectivity index (χ0v) is 20.3. The fraction of sp³-hybridized carbons (Fsp3) is 0.346. The van der Waals surface area contributed by atoms with Gasteiger partial charge in [0.25, 0.3) is 5.56 Å². The summed E-state index contributed by atoms with van der Waals surface area (Å²) in [5.74, 6) is -2.27. The number of nitrogens with zero attached hydrogens (tertiary/aromatic N) is 3. The first-order valence-electron chi connectivity index (χ1n) is 11.6. The molecule has 0 aliphatic rings. The molecular weight excluding hydrogens is 473 g/mol. The fourth-order valence-corrected chi connectivity index (χ4v) is 4.16. The van der Waals surface area contributed by atoms with E-state index >= 15 is 0 Å². The summed E-state index contributed by atoms with van der Waals surface area (Å²) in [7, 11) is 0. The molecule has 0 radical (unpaired) electrons. The maximum Gasteiger partial charge on any atom is 0.490 e. The Morgan fingerprint density at radius 1 is 1.08 bits per heavy atom. The van der Waals surface area contributed by atoms with E-state index in [4.69, 9.17) is 20.6 Å². The van der Waals surface area contributed by atoms with Crippen molar-refractivity contribution in [2.24, 2.45) is 11.7 Å². The highest BCUT2D eigenvalue weighted by Crippen LogP contribution is 2.29. The molecule has 4 aromatic rings. The van der Waals surface area contributed by atoms with Crippen molar-refractivity contribution in [2.45, 2.75) is 52.5 Å². The molecule has 4 rings (SSSR count). The smallest absolute Gasteiger partial charge is 0.475 e. The number of hydrogen-bond donors (Lipinski definition) is 2. The van der Waals surface area contributed by atoms with Gasteiger partial charge in [-0.1, -0.05) is 44.2 Å². The van der Waals surface area contributed by atoms with E-state index in [2.05, 4.69) is 37.5 Å². The van der Waals surface area contributed by atoms with E-state index in [1.807, 2.05) is 47.2 Å². The Labute approximate surface area is 206 Å². The molecule has 1 atom stereocenters. The van der Waals surface area contributed by atoms with Crippen molar-refractivity contribution in [3.05, 3.63) is 65.1 Å². The molecular formula is C26H29F3N4O3. The summed E-state index contributed by atoms with van der Waals surface area (Å²) in [5, 5.41) is 8.17. The summed E-state index contributed by atoms with van der Waals surface area (Å²) in [6.07, 6.45) is -2.17. The largest absolute Gasteiger partial charge is 0.490 e. The number of aromatic nitrogens is 3. The second-order valence-corrected chi connectivity index (χ2v) is 8.90. The number of aryl methyl sites for hydroxylation is 1. The van der Waals surface area contributed by atoms with E-state index in [-0.39, 0.29) is 11.6 Å². The van der Waals surface area contributed by atoms with Crippen LogP contribution in [0.3, 0.4) is 0 Å². The van der Waals surface area contributed by atoms with Crippen molar-refractivity contribution in [2.75, 3.05) is 0 Å². The third-order valence-corrected chi connectivity index (χ3v) is 5.67. The molecule has 0 fully saturated rings. The fourth-order valence-electron chi connectivity index (χ4n) is 4.16. The minimum absolute atomic E-state index is 0.0802. The van der Waals surface area contributed by atoms with Gasteiger partial charge in [0.15, 0.2) is 0 Å². The Kier molecular flexibility index (Phi) is 8.19. The molecule has 3 N–H and O–H groups in total. The maximum atomic E-state index is 13.6. The molecule has 7 nitrogen and oxygen atoms in total. The van der Waals surface area contributed by atoms with Gasteiger partial charge in [-0.25, -0.2) is 9.78 Å². The van der Waals surface area contributed by atoms with Crippen molar-refractivity contribution >= 4 is 27.9 Å². The van der Waals surface area contributed by atoms with Crippen LogP contribution in [0.1, 0.15) is 27.2 Å². The lowest BCUT2D eigenvalue weighted by atomic mass is 10.0. The third-order valence-electron chi connectivity index (χ3n) is 5.67. The number of fused-ring (bicyclic) bond motifs is 2. The first-order chi connectivity index (χ1) is 16.9. The SMILES string of the molecule is CCn1cc(-c2nc3ccccc3n(CC(N)CC(C)C)c2=O)c2ccccc21.O=C(O)C(F)(F)F. The lowest BCUT2D eigenvalue weighted by molar-refractivity contribution is -0.192. The molecule has 0 aliphatic heterocycles. The van der Waals surface area contributed by atoms with Gasteiger partial charge in [0.1, 0.15) is 5.69 Å². The topological polar surface area (TPSA) is 103 Å². The Bertz CT molecular complexity index is 1420. The highest BCUT2D eigenvalue weighted by atomic mass is 19.4. The maximum absolute atomic E-state index is 13.6. The van der Waals surface area contributed by atoms with Gasteiger partial charge in [-0.05, 0) is 37.5 Å². The molecule has 0 amide bonds. The van der Waals surface area contributed by atoms with Gasteiger partial charge in [0.05, 0.1) is 11.0 Å². The van der Waals surface area contributed by atoms with Crippen LogP contribution >= 0.6 is 0 Å².